The molecule has 0 radical (unpaired) electrons. The average molecular weight is 351 g/mol. The highest BCUT2D eigenvalue weighted by Gasteiger charge is 2.16. The number of nitriles is 1. The van der Waals surface area contributed by atoms with Crippen molar-refractivity contribution in [3.63, 3.8) is 0 Å². The van der Waals surface area contributed by atoms with E-state index in [-0.39, 0.29) is 10.7 Å². The molecule has 2 aromatic rings. The maximum atomic E-state index is 13.0. The van der Waals surface area contributed by atoms with E-state index in [4.69, 9.17) is 16.9 Å². The smallest absolute Gasteiger partial charge is 0.287 e. The van der Waals surface area contributed by atoms with Crippen molar-refractivity contribution < 1.29 is 14.1 Å². The molecule has 2 rings (SSSR count). The molecule has 1 amide bonds. The van der Waals surface area contributed by atoms with E-state index in [1.807, 2.05) is 0 Å². The zero-order valence-electron chi connectivity index (χ0n) is 11.8. The first-order valence-electron chi connectivity index (χ1n) is 6.35. The van der Waals surface area contributed by atoms with Gasteiger partial charge in [0.1, 0.15) is 24.0 Å². The first-order valence-corrected chi connectivity index (χ1v) is 6.73. The first kappa shape index (κ1) is 17.1. The van der Waals surface area contributed by atoms with Crippen molar-refractivity contribution in [2.24, 2.45) is 0 Å². The van der Waals surface area contributed by atoms with Gasteiger partial charge in [-0.05, 0) is 18.2 Å². The molecule has 122 valence electrons. The monoisotopic (exact) mass is 350 g/mol. The Kier molecular flexibility index (Phi) is 4.91. The minimum Gasteiger partial charge on any atom is -0.323 e. The third kappa shape index (κ3) is 3.74. The molecule has 1 aromatic heterocycles. The topological polar surface area (TPSA) is 118 Å². The van der Waals surface area contributed by atoms with Gasteiger partial charge in [-0.15, -0.1) is 0 Å². The van der Waals surface area contributed by atoms with Crippen LogP contribution in [0.5, 0.6) is 0 Å². The normalized spacial score (nSPS) is 10.0. The Morgan fingerprint density at radius 2 is 2.17 bits per heavy atom. The molecule has 0 aliphatic rings. The van der Waals surface area contributed by atoms with Gasteiger partial charge in [-0.3, -0.25) is 24.3 Å². The Hall–Kier alpha value is -3.25. The summed E-state index contributed by atoms with van der Waals surface area (Å²) in [5.41, 5.74) is -1.69. The van der Waals surface area contributed by atoms with E-state index in [0.717, 1.165) is 29.0 Å². The molecule has 0 aliphatic heterocycles. The molecule has 10 heteroatoms. The Labute approximate surface area is 138 Å². The van der Waals surface area contributed by atoms with Crippen LogP contribution in [-0.4, -0.2) is 15.4 Å². The van der Waals surface area contributed by atoms with Crippen LogP contribution in [0.2, 0.25) is 5.02 Å². The van der Waals surface area contributed by atoms with E-state index in [1.54, 1.807) is 0 Å². The fraction of sp³-hybridized carbons (Fsp3) is 0.0714. The summed E-state index contributed by atoms with van der Waals surface area (Å²) >= 11 is 5.77. The lowest BCUT2D eigenvalue weighted by Crippen LogP contribution is -2.29. The Morgan fingerprint density at radius 3 is 2.75 bits per heavy atom. The summed E-state index contributed by atoms with van der Waals surface area (Å²) in [6.07, 6.45) is 0.856. The van der Waals surface area contributed by atoms with Gasteiger partial charge in [-0.25, -0.2) is 4.39 Å². The summed E-state index contributed by atoms with van der Waals surface area (Å²) in [7, 11) is 0. The third-order valence-corrected chi connectivity index (χ3v) is 3.23. The molecule has 1 heterocycles. The highest BCUT2D eigenvalue weighted by atomic mass is 35.5. The molecule has 0 unspecified atom stereocenters. The average Bonchev–Trinajstić information content (AvgIpc) is 2.51. The molecule has 0 spiro atoms. The van der Waals surface area contributed by atoms with E-state index in [9.17, 15) is 24.1 Å². The summed E-state index contributed by atoms with van der Waals surface area (Å²) in [6, 6.07) is 5.66. The Bertz CT molecular complexity index is 935. The zero-order valence-corrected chi connectivity index (χ0v) is 12.6. The zero-order chi connectivity index (χ0) is 17.9. The van der Waals surface area contributed by atoms with E-state index >= 15 is 0 Å². The van der Waals surface area contributed by atoms with Crippen molar-refractivity contribution in [1.82, 2.24) is 4.57 Å². The van der Waals surface area contributed by atoms with Crippen molar-refractivity contribution in [3.8, 4) is 6.07 Å². The van der Waals surface area contributed by atoms with Gasteiger partial charge < -0.3 is 5.32 Å². The third-order valence-electron chi connectivity index (χ3n) is 2.92. The minimum atomic E-state index is -0.844. The fourth-order valence-corrected chi connectivity index (χ4v) is 2.07. The molecule has 24 heavy (non-hydrogen) atoms. The Balaban J connectivity index is 2.29. The van der Waals surface area contributed by atoms with Crippen LogP contribution in [0.1, 0.15) is 5.56 Å². The number of anilines is 1. The largest absolute Gasteiger partial charge is 0.323 e. The first-order chi connectivity index (χ1) is 11.3. The number of rotatable bonds is 4. The van der Waals surface area contributed by atoms with Crippen LogP contribution < -0.4 is 10.9 Å². The standard InChI is InChI=1S/C14H8ClFN4O4/c15-11-4-9(16)1-2-12(11)18-13(21)7-19-6-10(20(23)24)3-8(5-17)14(19)22/h1-4,6H,7H2,(H,18,21). The molecular formula is C14H8ClFN4O4. The van der Waals surface area contributed by atoms with Crippen molar-refractivity contribution in [3.05, 3.63) is 67.3 Å². The number of nitro groups is 1. The van der Waals surface area contributed by atoms with Gasteiger partial charge in [0, 0.05) is 6.07 Å². The number of carbonyl (C=O) groups excluding carboxylic acids is 1. The number of nitrogens with zero attached hydrogens (tertiary/aromatic N) is 3. The van der Waals surface area contributed by atoms with Gasteiger partial charge in [0.2, 0.25) is 5.91 Å². The van der Waals surface area contributed by atoms with Gasteiger partial charge in [0.15, 0.2) is 0 Å². The molecule has 0 bridgehead atoms. The maximum Gasteiger partial charge on any atom is 0.287 e. The second kappa shape index (κ2) is 6.89. The van der Waals surface area contributed by atoms with E-state index in [0.29, 0.717) is 0 Å². The Morgan fingerprint density at radius 1 is 1.46 bits per heavy atom. The number of carbonyl (C=O) groups is 1. The van der Waals surface area contributed by atoms with Crippen LogP contribution in [-0.2, 0) is 11.3 Å². The lowest BCUT2D eigenvalue weighted by Gasteiger charge is -2.09. The number of hydrogen-bond acceptors (Lipinski definition) is 5. The fourth-order valence-electron chi connectivity index (χ4n) is 1.85. The predicted octanol–water partition coefficient (Wildman–Crippen LogP) is 2.06. The molecule has 1 N–H and O–H groups in total. The van der Waals surface area contributed by atoms with Gasteiger partial charge in [0.05, 0.1) is 21.8 Å². The molecular weight excluding hydrogens is 343 g/mol. The predicted molar refractivity (Wildman–Crippen MR) is 82.1 cm³/mol. The maximum absolute atomic E-state index is 13.0. The van der Waals surface area contributed by atoms with Crippen LogP contribution >= 0.6 is 11.6 Å². The number of halogens is 2. The van der Waals surface area contributed by atoms with Gasteiger partial charge in [-0.1, -0.05) is 11.6 Å². The van der Waals surface area contributed by atoms with E-state index in [1.165, 1.54) is 12.1 Å². The number of pyridine rings is 1. The van der Waals surface area contributed by atoms with Crippen LogP contribution in [0.15, 0.2) is 35.3 Å². The summed E-state index contributed by atoms with van der Waals surface area (Å²) in [5, 5.41) is 22.0. The number of benzene rings is 1. The second-order valence-electron chi connectivity index (χ2n) is 4.59. The van der Waals surface area contributed by atoms with Gasteiger partial charge in [-0.2, -0.15) is 5.26 Å². The molecule has 0 saturated heterocycles. The molecule has 0 atom stereocenters. The van der Waals surface area contributed by atoms with Crippen molar-refractivity contribution in [2.75, 3.05) is 5.32 Å². The second-order valence-corrected chi connectivity index (χ2v) is 4.99. The highest BCUT2D eigenvalue weighted by molar-refractivity contribution is 6.33. The van der Waals surface area contributed by atoms with Crippen molar-refractivity contribution in [1.29, 1.82) is 5.26 Å². The molecule has 1 aromatic carbocycles. The van der Waals surface area contributed by atoms with Crippen LogP contribution in [0.25, 0.3) is 0 Å². The van der Waals surface area contributed by atoms with Gasteiger partial charge >= 0.3 is 0 Å². The number of amides is 1. The summed E-state index contributed by atoms with van der Waals surface area (Å²) in [4.78, 5) is 33.9. The molecule has 8 nitrogen and oxygen atoms in total. The SMILES string of the molecule is N#Cc1cc([N+](=O)[O-])cn(CC(=O)Nc2ccc(F)cc2Cl)c1=O. The van der Waals surface area contributed by atoms with Crippen LogP contribution in [0.4, 0.5) is 15.8 Å². The minimum absolute atomic E-state index is 0.0487. The summed E-state index contributed by atoms with van der Waals surface area (Å²) in [6.45, 7) is -0.580. The number of nitrogens with one attached hydrogen (secondary N) is 1. The number of aromatic nitrogens is 1. The van der Waals surface area contributed by atoms with Crippen LogP contribution in [0, 0.1) is 27.3 Å². The molecule has 0 saturated carbocycles. The lowest BCUT2D eigenvalue weighted by molar-refractivity contribution is -0.385. The van der Waals surface area contributed by atoms with E-state index in [2.05, 4.69) is 5.32 Å². The highest BCUT2D eigenvalue weighted by Crippen LogP contribution is 2.22. The summed E-state index contributed by atoms with van der Waals surface area (Å²) in [5.74, 6) is -1.32. The molecule has 0 aliphatic carbocycles. The van der Waals surface area contributed by atoms with Crippen LogP contribution in [0.3, 0.4) is 0 Å². The lowest BCUT2D eigenvalue weighted by atomic mass is 10.2. The number of hydrogen-bond donors (Lipinski definition) is 1. The van der Waals surface area contributed by atoms with Crippen molar-refractivity contribution in [2.45, 2.75) is 6.54 Å². The molecule has 0 fully saturated rings. The summed E-state index contributed by atoms with van der Waals surface area (Å²) < 4.78 is 13.7. The van der Waals surface area contributed by atoms with Gasteiger partial charge in [0.25, 0.3) is 11.2 Å². The van der Waals surface area contributed by atoms with E-state index < -0.39 is 40.0 Å². The quantitative estimate of drug-likeness (QED) is 0.668. The van der Waals surface area contributed by atoms with Crippen molar-refractivity contribution >= 4 is 28.9 Å².